The van der Waals surface area contributed by atoms with E-state index in [0.717, 1.165) is 0 Å². The summed E-state index contributed by atoms with van der Waals surface area (Å²) in [6, 6.07) is 7.88. The molecule has 132 valence electrons. The summed E-state index contributed by atoms with van der Waals surface area (Å²) in [6.45, 7) is 0.567. The molecule has 0 radical (unpaired) electrons. The molecule has 1 aliphatic rings. The van der Waals surface area contributed by atoms with Gasteiger partial charge < -0.3 is 18.8 Å². The Kier molecular flexibility index (Phi) is 5.02. The van der Waals surface area contributed by atoms with Gasteiger partial charge in [0.25, 0.3) is 0 Å². The van der Waals surface area contributed by atoms with Crippen molar-refractivity contribution in [1.29, 1.82) is 0 Å². The van der Waals surface area contributed by atoms with Gasteiger partial charge in [-0.15, -0.1) is 0 Å². The van der Waals surface area contributed by atoms with Crippen LogP contribution in [0, 0.1) is 11.7 Å². The fourth-order valence-corrected chi connectivity index (χ4v) is 2.75. The number of benzene rings is 1. The molecule has 0 bridgehead atoms. The maximum Gasteiger partial charge on any atom is 0.311 e. The number of ether oxygens (including phenoxy) is 2. The minimum Gasteiger partial charge on any atom is -0.494 e. The van der Waals surface area contributed by atoms with Crippen LogP contribution in [0.25, 0.3) is 0 Å². The summed E-state index contributed by atoms with van der Waals surface area (Å²) >= 11 is 0. The Labute approximate surface area is 144 Å². The van der Waals surface area contributed by atoms with Crippen molar-refractivity contribution >= 4 is 11.9 Å². The van der Waals surface area contributed by atoms with Crippen molar-refractivity contribution in [3.05, 3.63) is 53.7 Å². The first kappa shape index (κ1) is 17.0. The molecule has 1 aromatic heterocycles. The molecule has 1 fully saturated rings. The summed E-state index contributed by atoms with van der Waals surface area (Å²) < 4.78 is 28.9. The lowest BCUT2D eigenvalue weighted by atomic mass is 10.1. The number of hydrogen-bond donors (Lipinski definition) is 0. The Hall–Kier alpha value is -2.83. The van der Waals surface area contributed by atoms with E-state index < -0.39 is 17.7 Å². The molecule has 0 spiro atoms. The van der Waals surface area contributed by atoms with E-state index in [-0.39, 0.29) is 31.2 Å². The number of carbonyl (C=O) groups excluding carboxylic acids is 2. The van der Waals surface area contributed by atoms with Crippen LogP contribution >= 0.6 is 0 Å². The number of hydrogen-bond acceptors (Lipinski definition) is 5. The van der Waals surface area contributed by atoms with E-state index >= 15 is 0 Å². The van der Waals surface area contributed by atoms with Crippen LogP contribution in [0.5, 0.6) is 5.75 Å². The molecule has 2 aromatic rings. The van der Waals surface area contributed by atoms with Gasteiger partial charge in [-0.3, -0.25) is 9.59 Å². The summed E-state index contributed by atoms with van der Waals surface area (Å²) in [5, 5.41) is 0. The molecule has 1 saturated heterocycles. The molecule has 1 atom stereocenters. The third kappa shape index (κ3) is 3.99. The van der Waals surface area contributed by atoms with Crippen molar-refractivity contribution in [3.63, 3.8) is 0 Å². The van der Waals surface area contributed by atoms with Crippen LogP contribution in [0.2, 0.25) is 0 Å². The summed E-state index contributed by atoms with van der Waals surface area (Å²) in [6.07, 6.45) is 1.64. The normalized spacial score (nSPS) is 17.0. The SMILES string of the molecule is COc1ccc(COC(=O)[C@H]2CC(=O)N(Cc3ccco3)C2)cc1F. The summed E-state index contributed by atoms with van der Waals surface area (Å²) in [4.78, 5) is 25.8. The molecule has 0 saturated carbocycles. The van der Waals surface area contributed by atoms with Crippen LogP contribution < -0.4 is 4.74 Å². The van der Waals surface area contributed by atoms with E-state index in [1.165, 1.54) is 25.5 Å². The average Bonchev–Trinajstić information content (AvgIpc) is 3.23. The Morgan fingerprint density at radius 2 is 2.24 bits per heavy atom. The van der Waals surface area contributed by atoms with E-state index in [0.29, 0.717) is 17.9 Å². The van der Waals surface area contributed by atoms with Gasteiger partial charge in [0.15, 0.2) is 11.6 Å². The molecule has 1 aliphatic heterocycles. The zero-order valence-corrected chi connectivity index (χ0v) is 13.7. The zero-order chi connectivity index (χ0) is 17.8. The highest BCUT2D eigenvalue weighted by Crippen LogP contribution is 2.23. The van der Waals surface area contributed by atoms with Gasteiger partial charge in [-0.25, -0.2) is 4.39 Å². The van der Waals surface area contributed by atoms with E-state index in [2.05, 4.69) is 0 Å². The van der Waals surface area contributed by atoms with Crippen LogP contribution in [0.15, 0.2) is 41.0 Å². The van der Waals surface area contributed by atoms with Gasteiger partial charge in [-0.1, -0.05) is 6.07 Å². The number of rotatable bonds is 6. The maximum atomic E-state index is 13.6. The molecule has 1 aromatic carbocycles. The predicted molar refractivity (Wildman–Crippen MR) is 85.0 cm³/mol. The topological polar surface area (TPSA) is 69.0 Å². The summed E-state index contributed by atoms with van der Waals surface area (Å²) in [5.41, 5.74) is 0.517. The number of nitrogens with zero attached hydrogens (tertiary/aromatic N) is 1. The minimum atomic E-state index is -0.523. The van der Waals surface area contributed by atoms with E-state index in [4.69, 9.17) is 13.9 Å². The molecule has 6 nitrogen and oxygen atoms in total. The second-order valence-corrected chi connectivity index (χ2v) is 5.83. The quantitative estimate of drug-likeness (QED) is 0.751. The van der Waals surface area contributed by atoms with Crippen LogP contribution in [0.4, 0.5) is 4.39 Å². The lowest BCUT2D eigenvalue weighted by molar-refractivity contribution is -0.149. The summed E-state index contributed by atoms with van der Waals surface area (Å²) in [7, 11) is 1.38. The highest BCUT2D eigenvalue weighted by Gasteiger charge is 2.35. The third-order valence-corrected chi connectivity index (χ3v) is 4.07. The molecular weight excluding hydrogens is 329 g/mol. The third-order valence-electron chi connectivity index (χ3n) is 4.07. The highest BCUT2D eigenvalue weighted by molar-refractivity contribution is 5.86. The lowest BCUT2D eigenvalue weighted by Crippen LogP contribution is -2.26. The van der Waals surface area contributed by atoms with Gasteiger partial charge in [0.05, 0.1) is 25.8 Å². The van der Waals surface area contributed by atoms with Crippen LogP contribution in [0.3, 0.4) is 0 Å². The number of carbonyl (C=O) groups is 2. The second kappa shape index (κ2) is 7.38. The minimum absolute atomic E-state index is 0.0530. The number of methoxy groups -OCH3 is 1. The van der Waals surface area contributed by atoms with Crippen molar-refractivity contribution in [2.75, 3.05) is 13.7 Å². The van der Waals surface area contributed by atoms with Crippen molar-refractivity contribution in [2.45, 2.75) is 19.6 Å². The first-order valence-electron chi connectivity index (χ1n) is 7.86. The van der Waals surface area contributed by atoms with Gasteiger partial charge in [0.1, 0.15) is 12.4 Å². The van der Waals surface area contributed by atoms with Gasteiger partial charge in [0, 0.05) is 13.0 Å². The van der Waals surface area contributed by atoms with Gasteiger partial charge in [-0.2, -0.15) is 0 Å². The Morgan fingerprint density at radius 3 is 2.92 bits per heavy atom. The lowest BCUT2D eigenvalue weighted by Gasteiger charge is -2.14. The molecule has 3 rings (SSSR count). The fraction of sp³-hybridized carbons (Fsp3) is 0.333. The van der Waals surface area contributed by atoms with Crippen molar-refractivity contribution in [2.24, 2.45) is 5.92 Å². The fourth-order valence-electron chi connectivity index (χ4n) is 2.75. The average molecular weight is 347 g/mol. The molecule has 25 heavy (non-hydrogen) atoms. The molecule has 0 aliphatic carbocycles. The maximum absolute atomic E-state index is 13.6. The second-order valence-electron chi connectivity index (χ2n) is 5.83. The molecule has 0 unspecified atom stereocenters. The number of likely N-dealkylation sites (tertiary alicyclic amines) is 1. The number of halogens is 1. The van der Waals surface area contributed by atoms with Crippen LogP contribution in [-0.2, 0) is 27.5 Å². The monoisotopic (exact) mass is 347 g/mol. The van der Waals surface area contributed by atoms with Crippen LogP contribution in [-0.4, -0.2) is 30.4 Å². The van der Waals surface area contributed by atoms with E-state index in [1.807, 2.05) is 0 Å². The number of amides is 1. The first-order valence-corrected chi connectivity index (χ1v) is 7.86. The smallest absolute Gasteiger partial charge is 0.311 e. The molecule has 1 amide bonds. The van der Waals surface area contributed by atoms with Crippen LogP contribution in [0.1, 0.15) is 17.7 Å². The molecular formula is C18H18FNO5. The highest BCUT2D eigenvalue weighted by atomic mass is 19.1. The first-order chi connectivity index (χ1) is 12.1. The van der Waals surface area contributed by atoms with Crippen molar-refractivity contribution in [3.8, 4) is 5.75 Å². The van der Waals surface area contributed by atoms with E-state index in [1.54, 1.807) is 23.1 Å². The number of furan rings is 1. The Balaban J connectivity index is 1.53. The van der Waals surface area contributed by atoms with Crippen molar-refractivity contribution in [1.82, 2.24) is 4.90 Å². The largest absolute Gasteiger partial charge is 0.494 e. The molecule has 2 heterocycles. The standard InChI is InChI=1S/C18H18FNO5/c1-23-16-5-4-12(7-15(16)19)11-25-18(22)13-8-17(21)20(9-13)10-14-3-2-6-24-14/h2-7,13H,8-11H2,1H3/t13-/m0/s1. The summed E-state index contributed by atoms with van der Waals surface area (Å²) in [5.74, 6) is -0.830. The Morgan fingerprint density at radius 1 is 1.40 bits per heavy atom. The van der Waals surface area contributed by atoms with Crippen molar-refractivity contribution < 1.29 is 27.9 Å². The predicted octanol–water partition coefficient (Wildman–Crippen LogP) is 2.52. The zero-order valence-electron chi connectivity index (χ0n) is 13.7. The molecule has 0 N–H and O–H groups in total. The van der Waals surface area contributed by atoms with Gasteiger partial charge >= 0.3 is 5.97 Å². The molecule has 7 heteroatoms. The van der Waals surface area contributed by atoms with Gasteiger partial charge in [-0.05, 0) is 29.8 Å². The van der Waals surface area contributed by atoms with Gasteiger partial charge in [0.2, 0.25) is 5.91 Å². The number of esters is 1. The Bertz CT molecular complexity index is 759. The van der Waals surface area contributed by atoms with E-state index in [9.17, 15) is 14.0 Å².